The third-order valence-corrected chi connectivity index (χ3v) is 5.18. The molecule has 2 aromatic rings. The number of nitrogens with zero attached hydrogens (tertiary/aromatic N) is 1. The molecule has 0 saturated carbocycles. The normalized spacial score (nSPS) is 10.9. The minimum absolute atomic E-state index is 0.0525. The average Bonchev–Trinajstić information content (AvgIpc) is 2.66. The van der Waals surface area contributed by atoms with Crippen molar-refractivity contribution in [3.8, 4) is 0 Å². The Morgan fingerprint density at radius 1 is 1.07 bits per heavy atom. The lowest BCUT2D eigenvalue weighted by molar-refractivity contribution is -0.385. The number of carbonyl (C=O) groups is 2. The Kier molecular flexibility index (Phi) is 7.39. The number of hydrogen-bond donors (Lipinski definition) is 3. The van der Waals surface area contributed by atoms with Crippen LogP contribution in [0, 0.1) is 10.1 Å². The molecule has 0 radical (unpaired) electrons. The lowest BCUT2D eigenvalue weighted by atomic mass is 10.1. The van der Waals surface area contributed by atoms with E-state index in [2.05, 4.69) is 15.4 Å². The highest BCUT2D eigenvalue weighted by atomic mass is 32.2. The average molecular weight is 420 g/mol. The largest absolute Gasteiger partial charge is 0.355 e. The number of rotatable bonds is 9. The number of carbonyl (C=O) groups excluding carboxylic acids is 2. The molecule has 2 aromatic carbocycles. The monoisotopic (exact) mass is 420 g/mol. The van der Waals surface area contributed by atoms with Crippen LogP contribution in [0.5, 0.6) is 0 Å². The van der Waals surface area contributed by atoms with Gasteiger partial charge in [0.2, 0.25) is 21.8 Å². The van der Waals surface area contributed by atoms with Crippen LogP contribution in [0.2, 0.25) is 0 Å². The second kappa shape index (κ2) is 9.75. The Bertz CT molecular complexity index is 1010. The zero-order chi connectivity index (χ0) is 21.4. The first-order valence-corrected chi connectivity index (χ1v) is 10.0. The molecule has 11 heteroatoms. The van der Waals surface area contributed by atoms with E-state index in [1.54, 1.807) is 24.3 Å². The quantitative estimate of drug-likeness (QED) is 0.315. The van der Waals surface area contributed by atoms with Crippen LogP contribution in [-0.4, -0.2) is 38.2 Å². The van der Waals surface area contributed by atoms with Crippen molar-refractivity contribution in [3.05, 3.63) is 64.2 Å². The summed E-state index contributed by atoms with van der Waals surface area (Å²) in [5.74, 6) is -0.491. The van der Waals surface area contributed by atoms with Gasteiger partial charge in [-0.3, -0.25) is 19.7 Å². The van der Waals surface area contributed by atoms with E-state index < -0.39 is 14.9 Å². The molecular weight excluding hydrogens is 400 g/mol. The van der Waals surface area contributed by atoms with Gasteiger partial charge in [-0.2, -0.15) is 0 Å². The van der Waals surface area contributed by atoms with Crippen molar-refractivity contribution in [2.24, 2.45) is 0 Å². The molecule has 154 valence electrons. The first-order chi connectivity index (χ1) is 13.7. The Morgan fingerprint density at radius 3 is 2.38 bits per heavy atom. The minimum Gasteiger partial charge on any atom is -0.355 e. The maximum absolute atomic E-state index is 12.2. The molecule has 0 spiro atoms. The predicted molar refractivity (Wildman–Crippen MR) is 106 cm³/mol. The van der Waals surface area contributed by atoms with Crippen molar-refractivity contribution in [2.45, 2.75) is 18.2 Å². The number of nitro benzene ring substituents is 1. The second-order valence-electron chi connectivity index (χ2n) is 6.06. The molecular formula is C18H20N4O6S. The first-order valence-electron chi connectivity index (χ1n) is 8.55. The molecule has 0 atom stereocenters. The van der Waals surface area contributed by atoms with E-state index in [-0.39, 0.29) is 41.9 Å². The van der Waals surface area contributed by atoms with Crippen molar-refractivity contribution in [3.63, 3.8) is 0 Å². The lowest BCUT2D eigenvalue weighted by Crippen LogP contribution is -2.35. The summed E-state index contributed by atoms with van der Waals surface area (Å²) in [6, 6.07) is 11.5. The number of amides is 2. The number of benzene rings is 2. The van der Waals surface area contributed by atoms with Crippen molar-refractivity contribution in [1.82, 2.24) is 10.0 Å². The molecule has 2 amide bonds. The lowest BCUT2D eigenvalue weighted by Gasteiger charge is -2.09. The highest BCUT2D eigenvalue weighted by Gasteiger charge is 2.17. The highest BCUT2D eigenvalue weighted by molar-refractivity contribution is 7.89. The summed E-state index contributed by atoms with van der Waals surface area (Å²) in [6.07, 6.45) is 0.0952. The van der Waals surface area contributed by atoms with Gasteiger partial charge in [0.25, 0.3) is 5.69 Å². The minimum atomic E-state index is -3.93. The third-order valence-electron chi connectivity index (χ3n) is 3.72. The summed E-state index contributed by atoms with van der Waals surface area (Å²) in [5.41, 5.74) is 1.02. The number of hydrogen-bond acceptors (Lipinski definition) is 6. The molecule has 0 aliphatic carbocycles. The molecule has 0 aliphatic heterocycles. The van der Waals surface area contributed by atoms with Crippen molar-refractivity contribution in [2.75, 3.05) is 18.4 Å². The number of non-ortho nitro benzene ring substituents is 1. The van der Waals surface area contributed by atoms with Crippen LogP contribution < -0.4 is 15.4 Å². The van der Waals surface area contributed by atoms with Gasteiger partial charge >= 0.3 is 0 Å². The van der Waals surface area contributed by atoms with Crippen molar-refractivity contribution in [1.29, 1.82) is 0 Å². The number of nitro groups is 1. The van der Waals surface area contributed by atoms with E-state index in [0.29, 0.717) is 5.69 Å². The van der Waals surface area contributed by atoms with Crippen LogP contribution in [0.25, 0.3) is 0 Å². The molecule has 0 fully saturated rings. The van der Waals surface area contributed by atoms with Gasteiger partial charge in [0.1, 0.15) is 0 Å². The maximum atomic E-state index is 12.2. The van der Waals surface area contributed by atoms with Gasteiger partial charge in [0.15, 0.2) is 0 Å². The van der Waals surface area contributed by atoms with Crippen LogP contribution in [0.3, 0.4) is 0 Å². The van der Waals surface area contributed by atoms with Gasteiger partial charge < -0.3 is 10.6 Å². The van der Waals surface area contributed by atoms with Gasteiger partial charge in [-0.25, -0.2) is 13.1 Å². The van der Waals surface area contributed by atoms with Gasteiger partial charge in [-0.1, -0.05) is 18.2 Å². The van der Waals surface area contributed by atoms with Crippen LogP contribution in [-0.2, 0) is 26.0 Å². The molecule has 0 heterocycles. The zero-order valence-corrected chi connectivity index (χ0v) is 16.4. The summed E-state index contributed by atoms with van der Waals surface area (Å²) >= 11 is 0. The van der Waals surface area contributed by atoms with Gasteiger partial charge in [0, 0.05) is 37.8 Å². The molecule has 2 rings (SSSR count). The first kappa shape index (κ1) is 22.0. The van der Waals surface area contributed by atoms with Crippen molar-refractivity contribution >= 4 is 33.2 Å². The van der Waals surface area contributed by atoms with E-state index in [0.717, 1.165) is 11.6 Å². The fraction of sp³-hybridized carbons (Fsp3) is 0.222. The molecule has 0 bridgehead atoms. The highest BCUT2D eigenvalue weighted by Crippen LogP contribution is 2.16. The second-order valence-corrected chi connectivity index (χ2v) is 7.82. The molecule has 10 nitrogen and oxygen atoms in total. The summed E-state index contributed by atoms with van der Waals surface area (Å²) in [5, 5.41) is 16.0. The maximum Gasteiger partial charge on any atom is 0.270 e. The number of sulfonamides is 1. The zero-order valence-electron chi connectivity index (χ0n) is 15.5. The SMILES string of the molecule is CC(=O)Nc1ccc(CC(=O)NCCNS(=O)(=O)c2cccc([N+](=O)[O-])c2)cc1. The van der Waals surface area contributed by atoms with Crippen LogP contribution >= 0.6 is 0 Å². The standard InChI is InChI=1S/C18H20N4O6S/c1-13(23)21-15-7-5-14(6-8-15)11-18(24)19-9-10-20-29(27,28)17-4-2-3-16(12-17)22(25)26/h2-8,12,20H,9-11H2,1H3,(H,19,24)(H,21,23). The van der Waals surface area contributed by atoms with Gasteiger partial charge in [-0.05, 0) is 23.8 Å². The molecule has 3 N–H and O–H groups in total. The number of nitrogens with one attached hydrogen (secondary N) is 3. The molecule has 0 aromatic heterocycles. The Morgan fingerprint density at radius 2 is 1.76 bits per heavy atom. The third kappa shape index (κ3) is 6.97. The van der Waals surface area contributed by atoms with Crippen LogP contribution in [0.4, 0.5) is 11.4 Å². The van der Waals surface area contributed by atoms with E-state index in [1.807, 2.05) is 0 Å². The van der Waals surface area contributed by atoms with Crippen LogP contribution in [0.1, 0.15) is 12.5 Å². The number of anilines is 1. The fourth-order valence-electron chi connectivity index (χ4n) is 2.39. The van der Waals surface area contributed by atoms with E-state index >= 15 is 0 Å². The predicted octanol–water partition coefficient (Wildman–Crippen LogP) is 1.19. The summed E-state index contributed by atoms with van der Waals surface area (Å²) in [7, 11) is -3.93. The van der Waals surface area contributed by atoms with Crippen LogP contribution in [0.15, 0.2) is 53.4 Å². The molecule has 0 aliphatic rings. The Balaban J connectivity index is 1.80. The smallest absolute Gasteiger partial charge is 0.270 e. The summed E-state index contributed by atoms with van der Waals surface area (Å²) in [6.45, 7) is 1.38. The van der Waals surface area contributed by atoms with Gasteiger partial charge in [0.05, 0.1) is 16.2 Å². The molecule has 0 unspecified atom stereocenters. The van der Waals surface area contributed by atoms with E-state index in [4.69, 9.17) is 0 Å². The van der Waals surface area contributed by atoms with E-state index in [1.165, 1.54) is 25.1 Å². The van der Waals surface area contributed by atoms with E-state index in [9.17, 15) is 28.1 Å². The molecule has 29 heavy (non-hydrogen) atoms. The topological polar surface area (TPSA) is 148 Å². The Labute approximate surface area is 167 Å². The Hall–Kier alpha value is -3.31. The summed E-state index contributed by atoms with van der Waals surface area (Å²) in [4.78, 5) is 32.8. The fourth-order valence-corrected chi connectivity index (χ4v) is 3.46. The van der Waals surface area contributed by atoms with Gasteiger partial charge in [-0.15, -0.1) is 0 Å². The summed E-state index contributed by atoms with van der Waals surface area (Å²) < 4.78 is 26.6. The van der Waals surface area contributed by atoms with Crippen molar-refractivity contribution < 1.29 is 22.9 Å². The molecule has 0 saturated heterocycles.